The van der Waals surface area contributed by atoms with Gasteiger partial charge < -0.3 is 5.32 Å². The van der Waals surface area contributed by atoms with E-state index in [2.05, 4.69) is 38.1 Å². The Morgan fingerprint density at radius 2 is 1.94 bits per heavy atom. The van der Waals surface area contributed by atoms with Crippen LogP contribution >= 0.6 is 0 Å². The molecule has 0 fully saturated rings. The molecule has 1 heterocycles. The van der Waals surface area contributed by atoms with Gasteiger partial charge in [-0.1, -0.05) is 33.6 Å². The minimum atomic E-state index is 0.457. The van der Waals surface area contributed by atoms with Crippen LogP contribution in [0.2, 0.25) is 0 Å². The number of hydrogen-bond donors (Lipinski definition) is 1. The van der Waals surface area contributed by atoms with Gasteiger partial charge in [0.2, 0.25) is 0 Å². The molecule has 1 rings (SSSR count). The third-order valence-electron chi connectivity index (χ3n) is 3.82. The molecule has 1 unspecified atom stereocenters. The Bertz CT molecular complexity index is 326. The second-order valence-electron chi connectivity index (χ2n) is 4.84. The fourth-order valence-electron chi connectivity index (χ4n) is 2.38. The van der Waals surface area contributed by atoms with Crippen LogP contribution in [-0.4, -0.2) is 16.3 Å². The monoisotopic (exact) mass is 237 g/mol. The Hall–Kier alpha value is -0.830. The summed E-state index contributed by atoms with van der Waals surface area (Å²) < 4.78 is 1.96. The fraction of sp³-hybridized carbons (Fsp3) is 0.786. The van der Waals surface area contributed by atoms with Crippen LogP contribution in [0.15, 0.2) is 6.20 Å². The molecule has 98 valence electrons. The molecule has 1 aromatic heterocycles. The summed E-state index contributed by atoms with van der Waals surface area (Å²) >= 11 is 0. The summed E-state index contributed by atoms with van der Waals surface area (Å²) in [5, 5.41) is 7.95. The third-order valence-corrected chi connectivity index (χ3v) is 3.82. The van der Waals surface area contributed by atoms with E-state index in [1.165, 1.54) is 30.5 Å². The minimum absolute atomic E-state index is 0.457. The Kier molecular flexibility index (Phi) is 5.69. The van der Waals surface area contributed by atoms with Crippen LogP contribution in [0.1, 0.15) is 57.3 Å². The van der Waals surface area contributed by atoms with Gasteiger partial charge in [0.05, 0.1) is 6.20 Å². The van der Waals surface area contributed by atoms with Gasteiger partial charge in [0.25, 0.3) is 0 Å². The predicted molar refractivity (Wildman–Crippen MR) is 73.1 cm³/mol. The molecular formula is C14H27N3. The highest BCUT2D eigenvalue weighted by Gasteiger charge is 2.18. The Morgan fingerprint density at radius 3 is 2.35 bits per heavy atom. The SMILES string of the molecule is CCNC(CC(CC)CC)c1cnn(C)c1C. The largest absolute Gasteiger partial charge is 0.310 e. The number of nitrogens with zero attached hydrogens (tertiary/aromatic N) is 2. The molecule has 0 aliphatic carbocycles. The lowest BCUT2D eigenvalue weighted by atomic mass is 9.91. The molecule has 0 amide bonds. The highest BCUT2D eigenvalue weighted by molar-refractivity contribution is 5.20. The van der Waals surface area contributed by atoms with Crippen molar-refractivity contribution in [3.05, 3.63) is 17.5 Å². The highest BCUT2D eigenvalue weighted by atomic mass is 15.3. The molecule has 0 saturated heterocycles. The molecule has 1 aromatic rings. The van der Waals surface area contributed by atoms with Crippen LogP contribution < -0.4 is 5.32 Å². The number of aryl methyl sites for hydroxylation is 1. The van der Waals surface area contributed by atoms with E-state index in [-0.39, 0.29) is 0 Å². The average Bonchev–Trinajstić information content (AvgIpc) is 2.66. The lowest BCUT2D eigenvalue weighted by molar-refractivity contribution is 0.374. The van der Waals surface area contributed by atoms with Crippen molar-refractivity contribution in [2.24, 2.45) is 13.0 Å². The molecule has 0 saturated carbocycles. The van der Waals surface area contributed by atoms with Crippen LogP contribution in [0.5, 0.6) is 0 Å². The molecule has 0 bridgehead atoms. The Balaban J connectivity index is 2.81. The van der Waals surface area contributed by atoms with E-state index in [4.69, 9.17) is 0 Å². The van der Waals surface area contributed by atoms with Crippen molar-refractivity contribution in [3.63, 3.8) is 0 Å². The second kappa shape index (κ2) is 6.80. The molecule has 0 spiro atoms. The van der Waals surface area contributed by atoms with E-state index in [9.17, 15) is 0 Å². The van der Waals surface area contributed by atoms with Crippen LogP contribution in [0.25, 0.3) is 0 Å². The quantitative estimate of drug-likeness (QED) is 0.789. The maximum atomic E-state index is 4.35. The molecular weight excluding hydrogens is 210 g/mol. The smallest absolute Gasteiger partial charge is 0.0540 e. The van der Waals surface area contributed by atoms with Crippen molar-refractivity contribution >= 4 is 0 Å². The number of rotatable bonds is 7. The normalized spacial score (nSPS) is 13.3. The Labute approximate surface area is 106 Å². The van der Waals surface area contributed by atoms with E-state index in [1.807, 2.05) is 17.9 Å². The van der Waals surface area contributed by atoms with Crippen molar-refractivity contribution in [2.75, 3.05) is 6.54 Å². The summed E-state index contributed by atoms with van der Waals surface area (Å²) in [6, 6.07) is 0.457. The standard InChI is InChI=1S/C14H27N3/c1-6-12(7-2)9-14(15-8-3)13-10-16-17(5)11(13)4/h10,12,14-15H,6-9H2,1-5H3. The van der Waals surface area contributed by atoms with Gasteiger partial charge in [-0.3, -0.25) is 4.68 Å². The first-order chi connectivity index (χ1) is 8.13. The molecule has 0 aromatic carbocycles. The lowest BCUT2D eigenvalue weighted by Gasteiger charge is -2.22. The van der Waals surface area contributed by atoms with E-state index in [1.54, 1.807) is 0 Å². The fourth-order valence-corrected chi connectivity index (χ4v) is 2.38. The molecule has 3 nitrogen and oxygen atoms in total. The van der Waals surface area contributed by atoms with Crippen molar-refractivity contribution in [2.45, 2.75) is 53.0 Å². The zero-order valence-electron chi connectivity index (χ0n) is 12.0. The van der Waals surface area contributed by atoms with E-state index in [0.717, 1.165) is 12.5 Å². The summed E-state index contributed by atoms with van der Waals surface area (Å²) in [4.78, 5) is 0. The first kappa shape index (κ1) is 14.2. The van der Waals surface area contributed by atoms with Gasteiger partial charge in [0.1, 0.15) is 0 Å². The minimum Gasteiger partial charge on any atom is -0.310 e. The summed E-state index contributed by atoms with van der Waals surface area (Å²) in [7, 11) is 2.01. The molecule has 0 aliphatic heterocycles. The van der Waals surface area contributed by atoms with Gasteiger partial charge in [-0.05, 0) is 25.8 Å². The second-order valence-corrected chi connectivity index (χ2v) is 4.84. The van der Waals surface area contributed by atoms with E-state index >= 15 is 0 Å². The van der Waals surface area contributed by atoms with Gasteiger partial charge in [0, 0.05) is 24.3 Å². The van der Waals surface area contributed by atoms with Gasteiger partial charge in [-0.2, -0.15) is 5.10 Å². The van der Waals surface area contributed by atoms with Crippen molar-refractivity contribution in [1.29, 1.82) is 0 Å². The van der Waals surface area contributed by atoms with Crippen LogP contribution in [-0.2, 0) is 7.05 Å². The molecule has 3 heteroatoms. The van der Waals surface area contributed by atoms with Crippen LogP contribution in [0.4, 0.5) is 0 Å². The molecule has 1 N–H and O–H groups in total. The van der Waals surface area contributed by atoms with Gasteiger partial charge in [0.15, 0.2) is 0 Å². The van der Waals surface area contributed by atoms with Crippen molar-refractivity contribution in [1.82, 2.24) is 15.1 Å². The zero-order valence-corrected chi connectivity index (χ0v) is 12.0. The number of hydrogen-bond acceptors (Lipinski definition) is 2. The maximum Gasteiger partial charge on any atom is 0.0540 e. The summed E-state index contributed by atoms with van der Waals surface area (Å²) in [6.45, 7) is 9.91. The maximum absolute atomic E-state index is 4.35. The third kappa shape index (κ3) is 3.56. The van der Waals surface area contributed by atoms with Gasteiger partial charge >= 0.3 is 0 Å². The molecule has 0 radical (unpaired) electrons. The summed E-state index contributed by atoms with van der Waals surface area (Å²) in [5.41, 5.74) is 2.64. The van der Waals surface area contributed by atoms with Crippen LogP contribution in [0.3, 0.4) is 0 Å². The zero-order chi connectivity index (χ0) is 12.8. The molecule has 1 atom stereocenters. The van der Waals surface area contributed by atoms with Crippen molar-refractivity contribution < 1.29 is 0 Å². The van der Waals surface area contributed by atoms with Crippen LogP contribution in [0, 0.1) is 12.8 Å². The molecule has 17 heavy (non-hydrogen) atoms. The van der Waals surface area contributed by atoms with Crippen molar-refractivity contribution in [3.8, 4) is 0 Å². The van der Waals surface area contributed by atoms with Gasteiger partial charge in [-0.15, -0.1) is 0 Å². The number of nitrogens with one attached hydrogen (secondary N) is 1. The Morgan fingerprint density at radius 1 is 1.29 bits per heavy atom. The first-order valence-corrected chi connectivity index (χ1v) is 6.85. The molecule has 0 aliphatic rings. The van der Waals surface area contributed by atoms with E-state index in [0.29, 0.717) is 6.04 Å². The summed E-state index contributed by atoms with van der Waals surface area (Å²) in [6.07, 6.45) is 5.76. The predicted octanol–water partition coefficient (Wildman–Crippen LogP) is 3.21. The van der Waals surface area contributed by atoms with Gasteiger partial charge in [-0.25, -0.2) is 0 Å². The lowest BCUT2D eigenvalue weighted by Crippen LogP contribution is -2.23. The van der Waals surface area contributed by atoms with E-state index < -0.39 is 0 Å². The highest BCUT2D eigenvalue weighted by Crippen LogP contribution is 2.26. The first-order valence-electron chi connectivity index (χ1n) is 6.85. The summed E-state index contributed by atoms with van der Waals surface area (Å²) in [5.74, 6) is 0.804. The topological polar surface area (TPSA) is 29.9 Å². The number of aromatic nitrogens is 2. The average molecular weight is 237 g/mol.